The van der Waals surface area contributed by atoms with Crippen LogP contribution >= 0.6 is 23.2 Å². The molecule has 2 aromatic heterocycles. The van der Waals surface area contributed by atoms with Gasteiger partial charge in [0.05, 0.1) is 65.7 Å². The minimum atomic E-state index is 0.357. The highest BCUT2D eigenvalue weighted by molar-refractivity contribution is 6.37. The number of pyridine rings is 1. The first-order chi connectivity index (χ1) is 18.0. The first-order valence-electron chi connectivity index (χ1n) is 11.1. The summed E-state index contributed by atoms with van der Waals surface area (Å²) in [7, 11) is 3.11. The highest BCUT2D eigenvalue weighted by atomic mass is 35.5. The number of fused-ring (bicyclic) bond motifs is 3. The third kappa shape index (κ3) is 4.65. The van der Waals surface area contributed by atoms with Crippen LogP contribution in [0.5, 0.6) is 17.2 Å². The summed E-state index contributed by atoms with van der Waals surface area (Å²) in [4.78, 5) is 6.15. The molecule has 1 N–H and O–H groups in total. The molecule has 0 saturated heterocycles. The second-order valence-corrected chi connectivity index (χ2v) is 8.69. The first-order valence-corrected chi connectivity index (χ1v) is 11.9. The summed E-state index contributed by atoms with van der Waals surface area (Å²) in [5.41, 5.74) is 2.14. The van der Waals surface area contributed by atoms with E-state index in [1.54, 1.807) is 36.4 Å². The number of nitriles is 1. The van der Waals surface area contributed by atoms with Crippen molar-refractivity contribution in [3.05, 3.63) is 70.6 Å². The lowest BCUT2D eigenvalue weighted by Gasteiger charge is -2.17. The molecule has 186 valence electrons. The zero-order chi connectivity index (χ0) is 25.9. The molecule has 0 bridgehead atoms. The van der Waals surface area contributed by atoms with Gasteiger partial charge in [-0.05, 0) is 30.3 Å². The molecular formula is C26H20Cl2N6O3. The molecule has 0 fully saturated rings. The van der Waals surface area contributed by atoms with Gasteiger partial charge in [-0.3, -0.25) is 4.98 Å². The number of nitrogens with zero attached hydrogens (tertiary/aromatic N) is 5. The fourth-order valence-corrected chi connectivity index (χ4v) is 4.59. The Hall–Kier alpha value is -4.26. The molecule has 0 atom stereocenters. The molecular weight excluding hydrogens is 515 g/mol. The zero-order valence-electron chi connectivity index (χ0n) is 19.8. The number of anilines is 2. The van der Waals surface area contributed by atoms with Crippen molar-refractivity contribution in [3.63, 3.8) is 0 Å². The molecule has 0 aliphatic carbocycles. The second kappa shape index (κ2) is 10.4. The van der Waals surface area contributed by atoms with Crippen molar-refractivity contribution in [2.75, 3.05) is 26.1 Å². The Balaban J connectivity index is 1.57. The maximum atomic E-state index is 9.80. The van der Waals surface area contributed by atoms with Gasteiger partial charge >= 0.3 is 0 Å². The molecule has 5 aromatic rings. The van der Waals surface area contributed by atoms with E-state index in [0.29, 0.717) is 62.9 Å². The molecule has 0 unspecified atom stereocenters. The number of hydrogen-bond acceptors (Lipinski definition) is 8. The van der Waals surface area contributed by atoms with Crippen LogP contribution in [0.4, 0.5) is 11.4 Å². The van der Waals surface area contributed by atoms with Gasteiger partial charge in [-0.25, -0.2) is 0 Å². The quantitative estimate of drug-likeness (QED) is 0.241. The predicted molar refractivity (Wildman–Crippen MR) is 142 cm³/mol. The van der Waals surface area contributed by atoms with Gasteiger partial charge in [-0.1, -0.05) is 23.2 Å². The highest BCUT2D eigenvalue weighted by Gasteiger charge is 2.17. The number of methoxy groups -OCH3 is 2. The fourth-order valence-electron chi connectivity index (χ4n) is 4.08. The van der Waals surface area contributed by atoms with Gasteiger partial charge < -0.3 is 19.5 Å². The number of nitrogens with one attached hydrogen (secondary N) is 1. The summed E-state index contributed by atoms with van der Waals surface area (Å²) in [6.07, 6.45) is 4.76. The molecule has 5 rings (SSSR count). The molecule has 0 aliphatic rings. The molecule has 0 amide bonds. The average Bonchev–Trinajstić information content (AvgIpc) is 3.43. The van der Waals surface area contributed by atoms with Crippen LogP contribution in [-0.4, -0.2) is 40.8 Å². The molecule has 37 heavy (non-hydrogen) atoms. The zero-order valence-corrected chi connectivity index (χ0v) is 21.3. The SMILES string of the molecule is COc1cc(Nc2c(C#N)cnc3c2ccc2c(OC)c(OCCn4nccn4)ccc23)c(Cl)cc1Cl. The van der Waals surface area contributed by atoms with Crippen molar-refractivity contribution in [3.8, 4) is 23.3 Å². The van der Waals surface area contributed by atoms with Crippen LogP contribution in [-0.2, 0) is 6.54 Å². The van der Waals surface area contributed by atoms with E-state index in [9.17, 15) is 5.26 Å². The van der Waals surface area contributed by atoms with E-state index >= 15 is 0 Å². The van der Waals surface area contributed by atoms with Crippen LogP contribution in [0.15, 0.2) is 55.0 Å². The van der Waals surface area contributed by atoms with Gasteiger partial charge in [-0.2, -0.15) is 20.3 Å². The second-order valence-electron chi connectivity index (χ2n) is 7.88. The molecule has 0 radical (unpaired) electrons. The van der Waals surface area contributed by atoms with Crippen LogP contribution in [0.2, 0.25) is 10.0 Å². The minimum Gasteiger partial charge on any atom is -0.495 e. The van der Waals surface area contributed by atoms with E-state index in [2.05, 4.69) is 26.6 Å². The van der Waals surface area contributed by atoms with Gasteiger partial charge in [0.2, 0.25) is 0 Å². The van der Waals surface area contributed by atoms with Gasteiger partial charge in [0.15, 0.2) is 11.5 Å². The smallest absolute Gasteiger partial charge is 0.168 e. The average molecular weight is 535 g/mol. The van der Waals surface area contributed by atoms with E-state index < -0.39 is 0 Å². The van der Waals surface area contributed by atoms with E-state index in [4.69, 9.17) is 37.4 Å². The molecule has 0 aliphatic heterocycles. The van der Waals surface area contributed by atoms with Crippen molar-refractivity contribution in [1.29, 1.82) is 5.26 Å². The molecule has 0 spiro atoms. The topological polar surface area (TPSA) is 107 Å². The number of rotatable bonds is 8. The van der Waals surface area contributed by atoms with Crippen molar-refractivity contribution in [1.82, 2.24) is 20.0 Å². The van der Waals surface area contributed by atoms with Crippen LogP contribution in [0, 0.1) is 11.3 Å². The molecule has 9 nitrogen and oxygen atoms in total. The van der Waals surface area contributed by atoms with Gasteiger partial charge in [0.25, 0.3) is 0 Å². The molecule has 11 heteroatoms. The summed E-state index contributed by atoms with van der Waals surface area (Å²) in [6.45, 7) is 0.866. The monoisotopic (exact) mass is 534 g/mol. The molecule has 3 aromatic carbocycles. The minimum absolute atomic E-state index is 0.357. The fraction of sp³-hybridized carbons (Fsp3) is 0.154. The highest BCUT2D eigenvalue weighted by Crippen LogP contribution is 2.42. The van der Waals surface area contributed by atoms with Gasteiger partial charge in [0, 0.05) is 28.4 Å². The number of hydrogen-bond donors (Lipinski definition) is 1. The number of aromatic nitrogens is 4. The maximum absolute atomic E-state index is 9.80. The van der Waals surface area contributed by atoms with Crippen molar-refractivity contribution >= 4 is 56.3 Å². The van der Waals surface area contributed by atoms with Crippen molar-refractivity contribution < 1.29 is 14.2 Å². The Morgan fingerprint density at radius 1 is 0.946 bits per heavy atom. The van der Waals surface area contributed by atoms with Gasteiger partial charge in [-0.15, -0.1) is 0 Å². The third-order valence-electron chi connectivity index (χ3n) is 5.79. The number of benzene rings is 3. The molecule has 2 heterocycles. The summed E-state index contributed by atoms with van der Waals surface area (Å²) < 4.78 is 17.0. The predicted octanol–water partition coefficient (Wildman–Crippen LogP) is 6.00. The Morgan fingerprint density at radius 3 is 2.43 bits per heavy atom. The Kier molecular flexibility index (Phi) is 6.86. The Morgan fingerprint density at radius 2 is 1.70 bits per heavy atom. The van der Waals surface area contributed by atoms with Gasteiger partial charge in [0.1, 0.15) is 18.4 Å². The molecule has 0 saturated carbocycles. The first kappa shape index (κ1) is 24.4. The van der Waals surface area contributed by atoms with Crippen LogP contribution in [0.3, 0.4) is 0 Å². The summed E-state index contributed by atoms with van der Waals surface area (Å²) >= 11 is 12.6. The van der Waals surface area contributed by atoms with Crippen molar-refractivity contribution in [2.45, 2.75) is 6.54 Å². The third-order valence-corrected chi connectivity index (χ3v) is 6.40. The van der Waals surface area contributed by atoms with E-state index in [0.717, 1.165) is 16.2 Å². The summed E-state index contributed by atoms with van der Waals surface area (Å²) in [6, 6.07) is 13.0. The largest absolute Gasteiger partial charge is 0.495 e. The normalized spacial score (nSPS) is 10.9. The van der Waals surface area contributed by atoms with Crippen LogP contribution in [0.25, 0.3) is 21.7 Å². The standard InChI is InChI=1S/C26H20Cl2N6O3/c1-35-23-12-21(19(27)11-20(23)28)33-24-15(13-29)14-30-25-16-5-6-22(37-10-9-34-31-7-8-32-34)26(36-2)17(16)3-4-18(24)25/h3-8,11-12,14H,9-10H2,1-2H3,(H,30,33). The van der Waals surface area contributed by atoms with Crippen molar-refractivity contribution in [2.24, 2.45) is 0 Å². The Bertz CT molecular complexity index is 1650. The Labute approximate surface area is 222 Å². The van der Waals surface area contributed by atoms with E-state index in [1.165, 1.54) is 13.3 Å². The summed E-state index contributed by atoms with van der Waals surface area (Å²) in [5, 5.41) is 24.4. The number of halogens is 2. The lowest BCUT2D eigenvalue weighted by atomic mass is 10.0. The maximum Gasteiger partial charge on any atom is 0.168 e. The lowest BCUT2D eigenvalue weighted by Crippen LogP contribution is -2.11. The van der Waals surface area contributed by atoms with Crippen LogP contribution in [0.1, 0.15) is 5.56 Å². The summed E-state index contributed by atoms with van der Waals surface area (Å²) in [5.74, 6) is 1.63. The van der Waals surface area contributed by atoms with E-state index in [-0.39, 0.29) is 0 Å². The lowest BCUT2D eigenvalue weighted by molar-refractivity contribution is 0.268. The number of ether oxygens (including phenoxy) is 3. The van der Waals surface area contributed by atoms with Crippen LogP contribution < -0.4 is 19.5 Å². The van der Waals surface area contributed by atoms with E-state index in [1.807, 2.05) is 24.3 Å².